The van der Waals surface area contributed by atoms with Crippen molar-refractivity contribution in [2.24, 2.45) is 5.92 Å². The van der Waals surface area contributed by atoms with Crippen molar-refractivity contribution in [1.82, 2.24) is 14.8 Å². The average Bonchev–Trinajstić information content (AvgIpc) is 3.26. The van der Waals surface area contributed by atoms with Gasteiger partial charge in [0.2, 0.25) is 5.91 Å². The second kappa shape index (κ2) is 6.57. The Morgan fingerprint density at radius 2 is 2.04 bits per heavy atom. The van der Waals surface area contributed by atoms with Gasteiger partial charge in [-0.25, -0.2) is 0 Å². The maximum atomic E-state index is 12.8. The normalized spacial score (nSPS) is 31.3. The van der Waals surface area contributed by atoms with Crippen LogP contribution < -0.4 is 0 Å². The first kappa shape index (κ1) is 15.1. The average molecular weight is 315 g/mol. The first-order chi connectivity index (χ1) is 11.3. The largest absolute Gasteiger partial charge is 0.377 e. The summed E-state index contributed by atoms with van der Waals surface area (Å²) < 4.78 is 5.94. The molecule has 3 aliphatic heterocycles. The standard InChI is InChI=1S/C18H25N3O2/c22-18(20-8-1-2-9-20)15-11-17-16(5-10-23-17)21(13-15)12-14-3-6-19-7-4-14/h3-4,6-7,15-17H,1-2,5,8-13H2/t15-,16+,17+/m0/s1. The van der Waals surface area contributed by atoms with Crippen molar-refractivity contribution >= 4 is 5.91 Å². The Morgan fingerprint density at radius 1 is 1.26 bits per heavy atom. The summed E-state index contributed by atoms with van der Waals surface area (Å²) in [6, 6.07) is 4.60. The Morgan fingerprint density at radius 3 is 2.83 bits per heavy atom. The number of hydrogen-bond acceptors (Lipinski definition) is 4. The highest BCUT2D eigenvalue weighted by molar-refractivity contribution is 5.79. The third-order valence-corrected chi connectivity index (χ3v) is 5.52. The van der Waals surface area contributed by atoms with E-state index in [2.05, 4.69) is 26.9 Å². The Labute approximate surface area is 137 Å². The Hall–Kier alpha value is -1.46. The van der Waals surface area contributed by atoms with Crippen LogP contribution in [0.25, 0.3) is 0 Å². The van der Waals surface area contributed by atoms with Gasteiger partial charge in [0.1, 0.15) is 0 Å². The lowest BCUT2D eigenvalue weighted by Crippen LogP contribution is -2.52. The van der Waals surface area contributed by atoms with Crippen LogP contribution in [0.5, 0.6) is 0 Å². The summed E-state index contributed by atoms with van der Waals surface area (Å²) in [6.45, 7) is 4.45. The SMILES string of the molecule is O=C([C@H]1C[C@H]2OCC[C@H]2N(Cc2ccncc2)C1)N1CCCC1. The Balaban J connectivity index is 1.49. The molecule has 0 N–H and O–H groups in total. The van der Waals surface area contributed by atoms with E-state index in [4.69, 9.17) is 4.74 Å². The number of amides is 1. The van der Waals surface area contributed by atoms with E-state index >= 15 is 0 Å². The quantitative estimate of drug-likeness (QED) is 0.851. The molecule has 3 saturated heterocycles. The number of fused-ring (bicyclic) bond motifs is 1. The topological polar surface area (TPSA) is 45.7 Å². The zero-order chi connectivity index (χ0) is 15.6. The molecule has 3 aliphatic rings. The zero-order valence-corrected chi connectivity index (χ0v) is 13.6. The number of ether oxygens (including phenoxy) is 1. The van der Waals surface area contributed by atoms with Crippen LogP contribution in [0.3, 0.4) is 0 Å². The monoisotopic (exact) mass is 315 g/mol. The second-order valence-electron chi connectivity index (χ2n) is 7.02. The summed E-state index contributed by atoms with van der Waals surface area (Å²) >= 11 is 0. The van der Waals surface area contributed by atoms with Crippen molar-refractivity contribution in [2.45, 2.75) is 44.4 Å². The van der Waals surface area contributed by atoms with E-state index in [9.17, 15) is 4.79 Å². The number of likely N-dealkylation sites (tertiary alicyclic amines) is 2. The lowest BCUT2D eigenvalue weighted by Gasteiger charge is -2.41. The molecule has 0 unspecified atom stereocenters. The minimum atomic E-state index is 0.0919. The molecule has 0 saturated carbocycles. The van der Waals surface area contributed by atoms with E-state index in [1.165, 1.54) is 5.56 Å². The van der Waals surface area contributed by atoms with E-state index < -0.39 is 0 Å². The number of rotatable bonds is 3. The third kappa shape index (κ3) is 3.12. The predicted molar refractivity (Wildman–Crippen MR) is 86.7 cm³/mol. The highest BCUT2D eigenvalue weighted by Gasteiger charge is 2.43. The van der Waals surface area contributed by atoms with Gasteiger partial charge in [0.25, 0.3) is 0 Å². The molecule has 4 heterocycles. The van der Waals surface area contributed by atoms with Crippen LogP contribution in [0.4, 0.5) is 0 Å². The van der Waals surface area contributed by atoms with Crippen molar-refractivity contribution in [2.75, 3.05) is 26.2 Å². The Kier molecular flexibility index (Phi) is 4.31. The van der Waals surface area contributed by atoms with Gasteiger partial charge >= 0.3 is 0 Å². The van der Waals surface area contributed by atoms with E-state index in [0.717, 1.165) is 58.5 Å². The molecule has 3 atom stereocenters. The van der Waals surface area contributed by atoms with Crippen molar-refractivity contribution in [3.8, 4) is 0 Å². The van der Waals surface area contributed by atoms with Crippen LogP contribution in [-0.4, -0.2) is 59.1 Å². The number of hydrogen-bond donors (Lipinski definition) is 0. The number of carbonyl (C=O) groups is 1. The first-order valence-corrected chi connectivity index (χ1v) is 8.84. The minimum Gasteiger partial charge on any atom is -0.377 e. The summed E-state index contributed by atoms with van der Waals surface area (Å²) in [4.78, 5) is 21.4. The first-order valence-electron chi connectivity index (χ1n) is 8.84. The molecule has 0 spiro atoms. The molecule has 1 amide bonds. The highest BCUT2D eigenvalue weighted by Crippen LogP contribution is 2.33. The van der Waals surface area contributed by atoms with Crippen LogP contribution in [0, 0.1) is 5.92 Å². The zero-order valence-electron chi connectivity index (χ0n) is 13.6. The maximum absolute atomic E-state index is 12.8. The fourth-order valence-corrected chi connectivity index (χ4v) is 4.33. The van der Waals surface area contributed by atoms with Crippen molar-refractivity contribution in [3.05, 3.63) is 30.1 Å². The molecule has 3 fully saturated rings. The van der Waals surface area contributed by atoms with Gasteiger partial charge in [-0.2, -0.15) is 0 Å². The molecule has 0 radical (unpaired) electrons. The van der Waals surface area contributed by atoms with Crippen LogP contribution in [0.1, 0.15) is 31.2 Å². The molecule has 0 bridgehead atoms. The van der Waals surface area contributed by atoms with Gasteiger partial charge in [-0.3, -0.25) is 14.7 Å². The van der Waals surface area contributed by atoms with Crippen LogP contribution in [0.2, 0.25) is 0 Å². The summed E-state index contributed by atoms with van der Waals surface area (Å²) in [6.07, 6.45) is 8.20. The summed E-state index contributed by atoms with van der Waals surface area (Å²) in [5, 5.41) is 0. The molecular weight excluding hydrogens is 290 g/mol. The molecule has 5 heteroatoms. The van der Waals surface area contributed by atoms with Gasteiger partial charge in [0.05, 0.1) is 12.0 Å². The predicted octanol–water partition coefficient (Wildman–Crippen LogP) is 1.68. The minimum absolute atomic E-state index is 0.0919. The number of pyridine rings is 1. The molecule has 23 heavy (non-hydrogen) atoms. The highest BCUT2D eigenvalue weighted by atomic mass is 16.5. The molecule has 0 aliphatic carbocycles. The summed E-state index contributed by atoms with van der Waals surface area (Å²) in [5.74, 6) is 0.436. The molecular formula is C18H25N3O2. The molecule has 4 rings (SSSR count). The third-order valence-electron chi connectivity index (χ3n) is 5.52. The van der Waals surface area contributed by atoms with Crippen molar-refractivity contribution in [3.63, 3.8) is 0 Å². The fourth-order valence-electron chi connectivity index (χ4n) is 4.33. The fraction of sp³-hybridized carbons (Fsp3) is 0.667. The number of piperidine rings is 1. The van der Waals surface area contributed by atoms with E-state index in [1.807, 2.05) is 12.4 Å². The smallest absolute Gasteiger partial charge is 0.227 e. The van der Waals surface area contributed by atoms with Crippen molar-refractivity contribution < 1.29 is 9.53 Å². The molecule has 1 aromatic heterocycles. The van der Waals surface area contributed by atoms with Gasteiger partial charge in [-0.05, 0) is 43.4 Å². The number of carbonyl (C=O) groups excluding carboxylic acids is 1. The molecule has 124 valence electrons. The maximum Gasteiger partial charge on any atom is 0.227 e. The number of nitrogens with zero attached hydrogens (tertiary/aromatic N) is 3. The van der Waals surface area contributed by atoms with Gasteiger partial charge < -0.3 is 9.64 Å². The van der Waals surface area contributed by atoms with Crippen LogP contribution in [-0.2, 0) is 16.1 Å². The second-order valence-corrected chi connectivity index (χ2v) is 7.02. The molecule has 1 aromatic rings. The van der Waals surface area contributed by atoms with E-state index in [-0.39, 0.29) is 12.0 Å². The van der Waals surface area contributed by atoms with Gasteiger partial charge in [-0.1, -0.05) is 0 Å². The molecule has 5 nitrogen and oxygen atoms in total. The number of aromatic nitrogens is 1. The van der Waals surface area contributed by atoms with Gasteiger partial charge in [0.15, 0.2) is 0 Å². The van der Waals surface area contributed by atoms with Gasteiger partial charge in [-0.15, -0.1) is 0 Å². The Bertz CT molecular complexity index is 544. The lowest BCUT2D eigenvalue weighted by molar-refractivity contribution is -0.139. The summed E-state index contributed by atoms with van der Waals surface area (Å²) in [5.41, 5.74) is 1.26. The molecule has 0 aromatic carbocycles. The lowest BCUT2D eigenvalue weighted by atomic mass is 9.88. The summed E-state index contributed by atoms with van der Waals surface area (Å²) in [7, 11) is 0. The van der Waals surface area contributed by atoms with Crippen molar-refractivity contribution in [1.29, 1.82) is 0 Å². The van der Waals surface area contributed by atoms with Crippen LogP contribution >= 0.6 is 0 Å². The van der Waals surface area contributed by atoms with E-state index in [0.29, 0.717) is 11.9 Å². The van der Waals surface area contributed by atoms with Crippen LogP contribution in [0.15, 0.2) is 24.5 Å². The van der Waals surface area contributed by atoms with Gasteiger partial charge in [0, 0.05) is 51.2 Å². The van der Waals surface area contributed by atoms with E-state index in [1.54, 1.807) is 0 Å².